The minimum absolute atomic E-state index is 0.0663. The number of nitrogens with zero attached hydrogens (tertiary/aromatic N) is 7. The van der Waals surface area contributed by atoms with Gasteiger partial charge < -0.3 is 87.4 Å². The number of hydrogen-bond acceptors (Lipinski definition) is 23. The molecule has 7 N–H and O–H groups in total. The van der Waals surface area contributed by atoms with Gasteiger partial charge in [-0.15, -0.1) is 5.10 Å². The van der Waals surface area contributed by atoms with Gasteiger partial charge in [0.25, 0.3) is 0 Å². The summed E-state index contributed by atoms with van der Waals surface area (Å²) in [5, 5.41) is 39.8. The highest BCUT2D eigenvalue weighted by Gasteiger charge is 2.46. The fraction of sp³-hybridized carbons (Fsp3) is 0.553. The number of aliphatic hydroxyl groups excluding tert-OH is 2. The highest BCUT2D eigenvalue weighted by molar-refractivity contribution is 7.70. The van der Waals surface area contributed by atoms with Crippen molar-refractivity contribution in [1.29, 1.82) is 0 Å². The minimum atomic E-state index is -4.91. The van der Waals surface area contributed by atoms with E-state index in [9.17, 15) is 47.0 Å². The van der Waals surface area contributed by atoms with Crippen molar-refractivity contribution in [2.24, 2.45) is 0 Å². The Labute approximate surface area is 471 Å². The predicted octanol–water partition coefficient (Wildman–Crippen LogP) is 2.71. The van der Waals surface area contributed by atoms with Crippen molar-refractivity contribution >= 4 is 61.2 Å². The first-order valence-electron chi connectivity index (χ1n) is 25.3. The Morgan fingerprint density at radius 2 is 1.35 bits per heavy atom. The molecule has 1 unspecified atom stereocenters. The van der Waals surface area contributed by atoms with Crippen LogP contribution in [0, 0.1) is 17.5 Å². The van der Waals surface area contributed by atoms with Crippen LogP contribution >= 0.6 is 26.8 Å². The summed E-state index contributed by atoms with van der Waals surface area (Å²) in [6.45, 7) is 4.29. The molecule has 6 rings (SSSR count). The summed E-state index contributed by atoms with van der Waals surface area (Å²) >= 11 is 6.24. The molecule has 0 aliphatic carbocycles. The molecule has 3 aromatic heterocycles. The zero-order valence-corrected chi connectivity index (χ0v) is 46.4. The number of amides is 1. The summed E-state index contributed by atoms with van der Waals surface area (Å²) in [4.78, 5) is 60.8. The van der Waals surface area contributed by atoms with Crippen LogP contribution in [-0.4, -0.2) is 201 Å². The molecule has 5 aromatic rings. The molecule has 1 amide bonds. The molecule has 0 bridgehead atoms. The Kier molecular flexibility index (Phi) is 27.3. The van der Waals surface area contributed by atoms with Gasteiger partial charge in [0.1, 0.15) is 35.6 Å². The van der Waals surface area contributed by atoms with Crippen molar-refractivity contribution < 1.29 is 109 Å². The number of aromatic nitrogens is 7. The van der Waals surface area contributed by atoms with Gasteiger partial charge in [-0.05, 0) is 29.3 Å². The summed E-state index contributed by atoms with van der Waals surface area (Å²) < 4.78 is 125. The highest BCUT2D eigenvalue weighted by atomic mass is 35.5. The Hall–Kier alpha value is -5.19. The number of benzene rings is 2. The SMILES string of the molecule is O=C(CCOCCOCCOCCOCc1cn(CCOCCOCCOCCOCCC(=O)Oc2c(F)cc(F)cc2F)nn1)Nc1cccc(CNc2nc(Cl)nc3c2cnn3[C@@H]2O[C@H](COP(=O)(O)CP(=O)(O)O)[C@@H](O)[C@H]2O)c1. The van der Waals surface area contributed by atoms with E-state index < -0.39 is 81.4 Å². The number of hydrogen-bond donors (Lipinski definition) is 7. The molecule has 4 heterocycles. The van der Waals surface area contributed by atoms with E-state index in [1.807, 2.05) is 6.07 Å². The second-order valence-corrected chi connectivity index (χ2v) is 21.9. The van der Waals surface area contributed by atoms with Crippen molar-refractivity contribution in [3.05, 3.63) is 82.8 Å². The van der Waals surface area contributed by atoms with Crippen molar-refractivity contribution in [2.45, 2.75) is 57.1 Å². The molecule has 1 aliphatic heterocycles. The molecule has 0 spiro atoms. The smallest absolute Gasteiger partial charge is 0.340 e. The largest absolute Gasteiger partial charge is 0.420 e. The molecule has 35 heteroatoms. The van der Waals surface area contributed by atoms with Gasteiger partial charge in [-0.1, -0.05) is 17.3 Å². The van der Waals surface area contributed by atoms with Gasteiger partial charge in [0.15, 0.2) is 29.4 Å². The van der Waals surface area contributed by atoms with Gasteiger partial charge in [-0.25, -0.2) is 22.5 Å². The molecule has 1 saturated heterocycles. The Morgan fingerprint density at radius 1 is 0.756 bits per heavy atom. The zero-order chi connectivity index (χ0) is 58.9. The molecule has 454 valence electrons. The highest BCUT2D eigenvalue weighted by Crippen LogP contribution is 2.55. The molecule has 2 aromatic carbocycles. The number of anilines is 2. The van der Waals surface area contributed by atoms with Crippen LogP contribution in [0.5, 0.6) is 5.75 Å². The van der Waals surface area contributed by atoms with Crippen molar-refractivity contribution in [2.75, 3.05) is 122 Å². The first-order chi connectivity index (χ1) is 39.3. The van der Waals surface area contributed by atoms with E-state index in [0.29, 0.717) is 102 Å². The van der Waals surface area contributed by atoms with Crippen LogP contribution in [0.2, 0.25) is 5.28 Å². The van der Waals surface area contributed by atoms with Gasteiger partial charge in [-0.2, -0.15) is 15.1 Å². The van der Waals surface area contributed by atoms with Crippen LogP contribution in [0.25, 0.3) is 11.0 Å². The number of carbonyl (C=O) groups is 2. The molecular weight excluding hydrogens is 1160 g/mol. The number of aliphatic hydroxyl groups is 2. The summed E-state index contributed by atoms with van der Waals surface area (Å²) in [7, 11) is -9.68. The maximum Gasteiger partial charge on any atom is 0.340 e. The monoisotopic (exact) mass is 1230 g/mol. The number of rotatable bonds is 40. The van der Waals surface area contributed by atoms with Crippen LogP contribution in [-0.2, 0) is 85.6 Å². The van der Waals surface area contributed by atoms with E-state index in [1.54, 1.807) is 29.1 Å². The van der Waals surface area contributed by atoms with Crippen LogP contribution in [0.4, 0.5) is 24.7 Å². The summed E-state index contributed by atoms with van der Waals surface area (Å²) in [6, 6.07) is 7.86. The predicted molar refractivity (Wildman–Crippen MR) is 278 cm³/mol. The molecule has 29 nitrogen and oxygen atoms in total. The van der Waals surface area contributed by atoms with Crippen molar-refractivity contribution in [3.63, 3.8) is 0 Å². The lowest BCUT2D eigenvalue weighted by Crippen LogP contribution is -2.33. The Morgan fingerprint density at radius 3 is 1.99 bits per heavy atom. The number of esters is 1. The fourth-order valence-corrected chi connectivity index (χ4v) is 10.0. The first kappa shape index (κ1) is 66.0. The molecule has 0 radical (unpaired) electrons. The van der Waals surface area contributed by atoms with Gasteiger partial charge in [0.05, 0.1) is 149 Å². The summed E-state index contributed by atoms with van der Waals surface area (Å²) in [5.74, 6) is -7.14. The topological polar surface area (TPSA) is 369 Å². The van der Waals surface area contributed by atoms with Crippen LogP contribution < -0.4 is 15.4 Å². The molecular formula is C47H63ClF3N9O20P2. The van der Waals surface area contributed by atoms with Crippen LogP contribution in [0.15, 0.2) is 48.8 Å². The average Bonchev–Trinajstić information content (AvgIpc) is 4.34. The van der Waals surface area contributed by atoms with Crippen molar-refractivity contribution in [1.82, 2.24) is 34.7 Å². The first-order valence-corrected chi connectivity index (χ1v) is 29.2. The lowest BCUT2D eigenvalue weighted by Gasteiger charge is -2.18. The second-order valence-electron chi connectivity index (χ2n) is 17.5. The molecule has 1 fully saturated rings. The number of ether oxygens (including phenoxy) is 10. The van der Waals surface area contributed by atoms with E-state index in [0.717, 1.165) is 10.2 Å². The van der Waals surface area contributed by atoms with Gasteiger partial charge in [0.2, 0.25) is 16.9 Å². The second kappa shape index (κ2) is 33.9. The van der Waals surface area contributed by atoms with Gasteiger partial charge in [-0.3, -0.25) is 18.7 Å². The van der Waals surface area contributed by atoms with Crippen molar-refractivity contribution in [3.8, 4) is 5.75 Å². The third kappa shape index (κ3) is 23.1. The number of carbonyl (C=O) groups excluding carboxylic acids is 2. The Balaban J connectivity index is 0.720. The average molecular weight is 1230 g/mol. The number of halogens is 4. The molecule has 1 aliphatic rings. The summed E-state index contributed by atoms with van der Waals surface area (Å²) in [6.07, 6.45) is -3.10. The van der Waals surface area contributed by atoms with E-state index in [-0.39, 0.29) is 81.7 Å². The minimum Gasteiger partial charge on any atom is -0.420 e. The van der Waals surface area contributed by atoms with E-state index in [2.05, 4.69) is 40.7 Å². The molecule has 5 atom stereocenters. The maximum absolute atomic E-state index is 13.6. The maximum atomic E-state index is 13.6. The standard InChI is InChI=1S/C47H63ClF3N9O20P2/c48-47-55-44(35-26-53-60(45(35)56-47)46-42(64)41(63)38(79-46)29-78-82(68,69)30-81(65,66)67)52-25-31-2-1-3-33(22-31)54-39(61)4-7-70-10-13-73-18-19-76-20-21-77-28-34-27-59(58-57-34)6-9-72-12-15-75-17-16-74-14-11-71-8-5-40(62)80-43-36(50)23-32(49)24-37(43)51/h1-3,22-24,26-27,38,41-42,46,63-64H,4-21,25,28-30H2,(H,54,61)(H,68,69)(H,52,55,56)(H2,65,66,67)/t38-,41-,42-,46-/m1/s1. The molecule has 0 saturated carbocycles. The number of nitrogens with one attached hydrogen (secondary N) is 2. The van der Waals surface area contributed by atoms with Gasteiger partial charge >= 0.3 is 21.2 Å². The molecule has 82 heavy (non-hydrogen) atoms. The quantitative estimate of drug-likeness (QED) is 0.00974. The normalized spacial score (nSPS) is 17.1. The number of fused-ring (bicyclic) bond motifs is 1. The van der Waals surface area contributed by atoms with E-state index >= 15 is 0 Å². The lowest BCUT2D eigenvalue weighted by molar-refractivity contribution is -0.136. The van der Waals surface area contributed by atoms with Crippen LogP contribution in [0.1, 0.15) is 30.3 Å². The lowest BCUT2D eigenvalue weighted by atomic mass is 10.1. The van der Waals surface area contributed by atoms with E-state index in [4.69, 9.17) is 68.5 Å². The third-order valence-electron chi connectivity index (χ3n) is 11.1. The summed E-state index contributed by atoms with van der Waals surface area (Å²) in [5.41, 5.74) is 2.02. The van der Waals surface area contributed by atoms with E-state index in [1.165, 1.54) is 6.20 Å². The Bertz CT molecular complexity index is 2880. The zero-order valence-electron chi connectivity index (χ0n) is 43.9. The third-order valence-corrected chi connectivity index (χ3v) is 14.7. The van der Waals surface area contributed by atoms with Crippen LogP contribution in [0.3, 0.4) is 0 Å². The fourth-order valence-electron chi connectivity index (χ4n) is 7.30. The van der Waals surface area contributed by atoms with Gasteiger partial charge in [0, 0.05) is 24.4 Å².